The van der Waals surface area contributed by atoms with Gasteiger partial charge in [0, 0.05) is 25.7 Å². The highest BCUT2D eigenvalue weighted by Gasteiger charge is 2.30. The van der Waals surface area contributed by atoms with Crippen molar-refractivity contribution < 1.29 is 80.2 Å². The van der Waals surface area contributed by atoms with Crippen LogP contribution in [0.3, 0.4) is 0 Å². The highest BCUT2D eigenvalue weighted by molar-refractivity contribution is 7.47. The highest BCUT2D eigenvalue weighted by Crippen LogP contribution is 2.45. The van der Waals surface area contributed by atoms with Crippen LogP contribution < -0.4 is 0 Å². The van der Waals surface area contributed by atoms with Crippen molar-refractivity contribution in [2.45, 2.75) is 439 Å². The molecule has 0 radical (unpaired) electrons. The molecule has 0 aromatic heterocycles. The third-order valence-corrected chi connectivity index (χ3v) is 21.0. The number of aliphatic hydroxyl groups is 1. The van der Waals surface area contributed by atoms with Gasteiger partial charge in [0.05, 0.1) is 26.4 Å². The molecular formula is C80H156O17P2. The van der Waals surface area contributed by atoms with Crippen LogP contribution in [0.5, 0.6) is 0 Å². The molecule has 3 N–H and O–H groups in total. The molecule has 19 heteroatoms. The maximum Gasteiger partial charge on any atom is 0.472 e. The minimum atomic E-state index is -4.96. The van der Waals surface area contributed by atoms with Crippen molar-refractivity contribution >= 4 is 39.5 Å². The van der Waals surface area contributed by atoms with Gasteiger partial charge in [0.2, 0.25) is 0 Å². The summed E-state index contributed by atoms with van der Waals surface area (Å²) in [6.45, 7) is 9.66. The summed E-state index contributed by atoms with van der Waals surface area (Å²) in [5, 5.41) is 10.6. The van der Waals surface area contributed by atoms with Crippen LogP contribution >= 0.6 is 15.6 Å². The van der Waals surface area contributed by atoms with Crippen molar-refractivity contribution in [3.63, 3.8) is 0 Å². The van der Waals surface area contributed by atoms with Crippen LogP contribution in [0.1, 0.15) is 420 Å². The normalized spacial score (nSPS) is 14.2. The van der Waals surface area contributed by atoms with E-state index in [0.717, 1.165) is 108 Å². The number of unbranched alkanes of at least 4 members (excludes halogenated alkanes) is 48. The minimum Gasteiger partial charge on any atom is -0.462 e. The monoisotopic (exact) mass is 1450 g/mol. The van der Waals surface area contributed by atoms with Crippen LogP contribution in [-0.2, 0) is 65.4 Å². The van der Waals surface area contributed by atoms with Gasteiger partial charge in [0.25, 0.3) is 0 Å². The lowest BCUT2D eigenvalue weighted by Gasteiger charge is -2.21. The first kappa shape index (κ1) is 97.1. The Kier molecular flexibility index (Phi) is 70.3. The van der Waals surface area contributed by atoms with E-state index in [1.54, 1.807) is 0 Å². The SMILES string of the molecule is CCCCCCCCCCCCCCCCCCCCC(=O)OC[C@H](COP(=O)(O)OC[C@@H](O)COP(=O)(O)OC[C@@H](COC(=O)CCCCCCCCCC)OC(=O)CCCCCCCCCCCCC(C)CC)OC(=O)CCCCCCCCCCCCCCCCCCC(C)C. The van der Waals surface area contributed by atoms with Crippen LogP contribution in [0.2, 0.25) is 0 Å². The zero-order valence-electron chi connectivity index (χ0n) is 64.8. The zero-order chi connectivity index (χ0) is 72.8. The molecular weight excluding hydrogens is 1290 g/mol. The number of rotatable bonds is 79. The summed E-state index contributed by atoms with van der Waals surface area (Å²) in [6.07, 6.45) is 61.1. The Labute approximate surface area is 607 Å². The van der Waals surface area contributed by atoms with E-state index in [0.29, 0.717) is 25.7 Å². The first-order valence-corrected chi connectivity index (χ1v) is 44.5. The van der Waals surface area contributed by atoms with Gasteiger partial charge in [-0.25, -0.2) is 9.13 Å². The standard InChI is InChI=1S/C80H156O17P2/c1-7-10-12-14-16-18-19-20-21-22-23-27-30-33-39-45-51-57-63-78(83)91-69-76(97-79(84)64-58-52-46-40-34-31-28-25-24-26-29-32-37-42-48-54-60-72(4)5)71-95-99(88,89)93-67-74(81)66-92-98(86,87)94-70-75(68-90-77(82)62-56-50-44-17-15-13-11-8-2)96-80(85)65-59-53-47-41-36-35-38-43-49-55-61-73(6)9-3/h72-76,81H,7-71H2,1-6H3,(H,86,87)(H,88,89)/t73?,74-,75+,76+/m0/s1. The average Bonchev–Trinajstić information content (AvgIpc) is 1.80. The van der Waals surface area contributed by atoms with E-state index >= 15 is 0 Å². The molecule has 0 aromatic rings. The van der Waals surface area contributed by atoms with E-state index in [-0.39, 0.29) is 25.7 Å². The third-order valence-electron chi connectivity index (χ3n) is 19.1. The number of hydrogen-bond donors (Lipinski definition) is 3. The first-order valence-electron chi connectivity index (χ1n) is 41.5. The van der Waals surface area contributed by atoms with Gasteiger partial charge >= 0.3 is 39.5 Å². The second kappa shape index (κ2) is 71.7. The van der Waals surface area contributed by atoms with E-state index in [9.17, 15) is 43.2 Å². The fraction of sp³-hybridized carbons (Fsp3) is 0.950. The summed E-state index contributed by atoms with van der Waals surface area (Å²) >= 11 is 0. The molecule has 0 aliphatic heterocycles. The predicted octanol–water partition coefficient (Wildman–Crippen LogP) is 23.9. The number of hydrogen-bond acceptors (Lipinski definition) is 15. The second-order valence-electron chi connectivity index (χ2n) is 29.5. The molecule has 0 bridgehead atoms. The van der Waals surface area contributed by atoms with Crippen LogP contribution in [0.15, 0.2) is 0 Å². The lowest BCUT2D eigenvalue weighted by Crippen LogP contribution is -2.30. The van der Waals surface area contributed by atoms with Crippen molar-refractivity contribution in [3.05, 3.63) is 0 Å². The van der Waals surface area contributed by atoms with Gasteiger partial charge in [-0.15, -0.1) is 0 Å². The Hall–Kier alpha value is -1.94. The van der Waals surface area contributed by atoms with Gasteiger partial charge in [-0.05, 0) is 37.5 Å². The lowest BCUT2D eigenvalue weighted by atomic mass is 9.99. The van der Waals surface area contributed by atoms with Crippen molar-refractivity contribution in [2.75, 3.05) is 39.6 Å². The van der Waals surface area contributed by atoms with Gasteiger partial charge in [-0.3, -0.25) is 37.3 Å². The summed E-state index contributed by atoms with van der Waals surface area (Å²) in [4.78, 5) is 72.9. The Morgan fingerprint density at radius 1 is 0.293 bits per heavy atom. The molecule has 0 heterocycles. The summed E-state index contributed by atoms with van der Waals surface area (Å²) in [5.74, 6) is -0.500. The number of carbonyl (C=O) groups excluding carboxylic acids is 4. The van der Waals surface area contributed by atoms with E-state index in [1.807, 2.05) is 0 Å². The Morgan fingerprint density at radius 3 is 0.768 bits per heavy atom. The van der Waals surface area contributed by atoms with Gasteiger partial charge < -0.3 is 33.8 Å². The molecule has 0 rings (SSSR count). The van der Waals surface area contributed by atoms with E-state index in [4.69, 9.17) is 37.0 Å². The molecule has 3 unspecified atom stereocenters. The van der Waals surface area contributed by atoms with Gasteiger partial charge in [0.15, 0.2) is 12.2 Å². The van der Waals surface area contributed by atoms with E-state index < -0.39 is 97.5 Å². The molecule has 0 saturated carbocycles. The minimum absolute atomic E-state index is 0.106. The van der Waals surface area contributed by atoms with Crippen LogP contribution in [0, 0.1) is 11.8 Å². The van der Waals surface area contributed by atoms with Crippen molar-refractivity contribution in [2.24, 2.45) is 11.8 Å². The smallest absolute Gasteiger partial charge is 0.462 e. The number of phosphoric ester groups is 2. The molecule has 0 fully saturated rings. The second-order valence-corrected chi connectivity index (χ2v) is 32.4. The fourth-order valence-corrected chi connectivity index (χ4v) is 13.9. The maximum atomic E-state index is 13.1. The number of aliphatic hydroxyl groups excluding tert-OH is 1. The molecule has 588 valence electrons. The zero-order valence-corrected chi connectivity index (χ0v) is 66.6. The molecule has 6 atom stereocenters. The predicted molar refractivity (Wildman–Crippen MR) is 405 cm³/mol. The van der Waals surface area contributed by atoms with Crippen LogP contribution in [0.4, 0.5) is 0 Å². The van der Waals surface area contributed by atoms with E-state index in [2.05, 4.69) is 41.5 Å². The van der Waals surface area contributed by atoms with Gasteiger partial charge in [-0.2, -0.15) is 0 Å². The van der Waals surface area contributed by atoms with Crippen LogP contribution in [0.25, 0.3) is 0 Å². The summed E-state index contributed by atoms with van der Waals surface area (Å²) in [5.41, 5.74) is 0. The molecule has 0 aliphatic carbocycles. The quantitative estimate of drug-likeness (QED) is 0.0222. The molecule has 0 aromatic carbocycles. The summed E-state index contributed by atoms with van der Waals surface area (Å²) in [7, 11) is -9.91. The summed E-state index contributed by atoms with van der Waals surface area (Å²) < 4.78 is 68.6. The number of ether oxygens (including phenoxy) is 4. The first-order chi connectivity index (χ1) is 47.9. The molecule has 0 spiro atoms. The molecule has 0 aliphatic rings. The van der Waals surface area contributed by atoms with Crippen molar-refractivity contribution in [1.82, 2.24) is 0 Å². The lowest BCUT2D eigenvalue weighted by molar-refractivity contribution is -0.161. The van der Waals surface area contributed by atoms with Gasteiger partial charge in [-0.1, -0.05) is 369 Å². The fourth-order valence-electron chi connectivity index (χ4n) is 12.3. The average molecular weight is 1450 g/mol. The molecule has 0 saturated heterocycles. The largest absolute Gasteiger partial charge is 0.472 e. The highest BCUT2D eigenvalue weighted by atomic mass is 31.2. The molecule has 99 heavy (non-hydrogen) atoms. The Balaban J connectivity index is 5.21. The topological polar surface area (TPSA) is 237 Å². The molecule has 0 amide bonds. The molecule has 17 nitrogen and oxygen atoms in total. The van der Waals surface area contributed by atoms with Crippen molar-refractivity contribution in [3.8, 4) is 0 Å². The number of phosphoric acid groups is 2. The maximum absolute atomic E-state index is 13.1. The number of carbonyl (C=O) groups is 4. The van der Waals surface area contributed by atoms with Gasteiger partial charge in [0.1, 0.15) is 19.3 Å². The number of esters is 4. The Bertz CT molecular complexity index is 1910. The van der Waals surface area contributed by atoms with Crippen molar-refractivity contribution in [1.29, 1.82) is 0 Å². The van der Waals surface area contributed by atoms with Crippen LogP contribution in [-0.4, -0.2) is 96.7 Å². The third kappa shape index (κ3) is 72.8. The summed E-state index contributed by atoms with van der Waals surface area (Å²) in [6, 6.07) is 0. The Morgan fingerprint density at radius 2 is 0.515 bits per heavy atom. The van der Waals surface area contributed by atoms with E-state index in [1.165, 1.54) is 231 Å².